The van der Waals surface area contributed by atoms with Crippen molar-refractivity contribution in [1.29, 1.82) is 0 Å². The van der Waals surface area contributed by atoms with Gasteiger partial charge in [0.1, 0.15) is 5.82 Å². The molecule has 174 valence electrons. The van der Waals surface area contributed by atoms with E-state index < -0.39 is 0 Å². The number of rotatable bonds is 7. The van der Waals surface area contributed by atoms with Gasteiger partial charge in [0.15, 0.2) is 11.5 Å². The first-order valence-corrected chi connectivity index (χ1v) is 11.7. The molecule has 2 heterocycles. The molecule has 1 saturated heterocycles. The molecule has 5 rings (SSSR count). The summed E-state index contributed by atoms with van der Waals surface area (Å²) in [6.45, 7) is 0.771. The van der Waals surface area contributed by atoms with Gasteiger partial charge in [-0.3, -0.25) is 9.36 Å². The summed E-state index contributed by atoms with van der Waals surface area (Å²) in [6, 6.07) is 24.3. The predicted molar refractivity (Wildman–Crippen MR) is 133 cm³/mol. The van der Waals surface area contributed by atoms with Crippen molar-refractivity contribution in [1.82, 2.24) is 14.5 Å². The third-order valence-corrected chi connectivity index (χ3v) is 6.57. The first-order valence-electron chi connectivity index (χ1n) is 11.7. The van der Waals surface area contributed by atoms with E-state index in [9.17, 15) is 4.79 Å². The molecule has 1 unspecified atom stereocenters. The van der Waals surface area contributed by atoms with E-state index in [0.717, 1.165) is 47.5 Å². The fourth-order valence-corrected chi connectivity index (χ4v) is 4.94. The molecule has 0 saturated carbocycles. The van der Waals surface area contributed by atoms with Gasteiger partial charge >= 0.3 is 0 Å². The van der Waals surface area contributed by atoms with E-state index in [4.69, 9.17) is 14.5 Å². The first-order chi connectivity index (χ1) is 16.7. The van der Waals surface area contributed by atoms with E-state index in [1.807, 2.05) is 59.5 Å². The number of aromatic nitrogens is 2. The van der Waals surface area contributed by atoms with Crippen molar-refractivity contribution in [3.05, 3.63) is 84.2 Å². The van der Waals surface area contributed by atoms with E-state index in [1.165, 1.54) is 0 Å². The van der Waals surface area contributed by atoms with Gasteiger partial charge in [0, 0.05) is 25.1 Å². The van der Waals surface area contributed by atoms with E-state index in [1.54, 1.807) is 14.2 Å². The van der Waals surface area contributed by atoms with E-state index >= 15 is 0 Å². The molecule has 1 fully saturated rings. The molecule has 1 aromatic heterocycles. The number of para-hydroxylation sites is 3. The van der Waals surface area contributed by atoms with E-state index in [0.29, 0.717) is 24.3 Å². The number of likely N-dealkylation sites (tertiary alicyclic amines) is 1. The molecule has 1 amide bonds. The summed E-state index contributed by atoms with van der Waals surface area (Å²) in [5.74, 6) is 2.45. The molecule has 3 aromatic carbocycles. The summed E-state index contributed by atoms with van der Waals surface area (Å²) in [5, 5.41) is 0. The van der Waals surface area contributed by atoms with Gasteiger partial charge in [-0.25, -0.2) is 4.98 Å². The van der Waals surface area contributed by atoms with Crippen LogP contribution in [0.25, 0.3) is 16.7 Å². The number of carbonyl (C=O) groups is 1. The fraction of sp³-hybridized carbons (Fsp3) is 0.286. The fourth-order valence-electron chi connectivity index (χ4n) is 4.94. The summed E-state index contributed by atoms with van der Waals surface area (Å²) >= 11 is 0. The summed E-state index contributed by atoms with van der Waals surface area (Å²) in [7, 11) is 3.27. The number of fused-ring (bicyclic) bond motifs is 1. The van der Waals surface area contributed by atoms with Crippen molar-refractivity contribution >= 4 is 16.9 Å². The van der Waals surface area contributed by atoms with Gasteiger partial charge in [-0.15, -0.1) is 0 Å². The minimum Gasteiger partial charge on any atom is -0.493 e. The highest BCUT2D eigenvalue weighted by Gasteiger charge is 2.30. The monoisotopic (exact) mass is 455 g/mol. The lowest BCUT2D eigenvalue weighted by Crippen LogP contribution is -2.31. The molecule has 1 aliphatic rings. The number of carbonyl (C=O) groups excluding carboxylic acids is 1. The van der Waals surface area contributed by atoms with Crippen LogP contribution in [-0.2, 0) is 11.2 Å². The number of methoxy groups -OCH3 is 2. The van der Waals surface area contributed by atoms with Crippen LogP contribution in [0.3, 0.4) is 0 Å². The molecule has 0 aliphatic carbocycles. The predicted octanol–water partition coefficient (Wildman–Crippen LogP) is 5.34. The molecule has 1 atom stereocenters. The van der Waals surface area contributed by atoms with E-state index in [2.05, 4.69) is 22.8 Å². The molecular formula is C28H29N3O3. The Morgan fingerprint density at radius 3 is 2.53 bits per heavy atom. The summed E-state index contributed by atoms with van der Waals surface area (Å²) < 4.78 is 13.0. The second kappa shape index (κ2) is 9.59. The number of imidazole rings is 1. The molecule has 1 aliphatic heterocycles. The number of aryl methyl sites for hydroxylation is 1. The maximum atomic E-state index is 13.4. The highest BCUT2D eigenvalue weighted by molar-refractivity contribution is 5.80. The number of benzene rings is 3. The molecule has 6 heteroatoms. The maximum Gasteiger partial charge on any atom is 0.223 e. The van der Waals surface area contributed by atoms with Crippen molar-refractivity contribution in [2.75, 3.05) is 20.8 Å². The van der Waals surface area contributed by atoms with Gasteiger partial charge in [-0.2, -0.15) is 0 Å². The van der Waals surface area contributed by atoms with Crippen LogP contribution in [0.15, 0.2) is 72.8 Å². The van der Waals surface area contributed by atoms with Crippen LogP contribution < -0.4 is 9.47 Å². The molecule has 0 spiro atoms. The Labute approximate surface area is 199 Å². The molecule has 6 nitrogen and oxygen atoms in total. The average molecular weight is 456 g/mol. The van der Waals surface area contributed by atoms with Crippen molar-refractivity contribution in [2.45, 2.75) is 31.7 Å². The molecule has 0 N–H and O–H groups in total. The third-order valence-electron chi connectivity index (χ3n) is 6.57. The zero-order valence-corrected chi connectivity index (χ0v) is 19.6. The minimum absolute atomic E-state index is 0.0558. The summed E-state index contributed by atoms with van der Waals surface area (Å²) in [5.41, 5.74) is 4.14. The lowest BCUT2D eigenvalue weighted by molar-refractivity contribution is -0.132. The third kappa shape index (κ3) is 4.12. The number of ether oxygens (including phenoxy) is 2. The van der Waals surface area contributed by atoms with Crippen LogP contribution in [-0.4, -0.2) is 41.1 Å². The van der Waals surface area contributed by atoms with Crippen LogP contribution in [0.2, 0.25) is 0 Å². The largest absolute Gasteiger partial charge is 0.493 e. The molecule has 0 bridgehead atoms. The molecule has 34 heavy (non-hydrogen) atoms. The van der Waals surface area contributed by atoms with Crippen molar-refractivity contribution < 1.29 is 14.3 Å². The van der Waals surface area contributed by atoms with Gasteiger partial charge < -0.3 is 14.4 Å². The Morgan fingerprint density at radius 1 is 0.971 bits per heavy atom. The quantitative estimate of drug-likeness (QED) is 0.378. The second-order valence-corrected chi connectivity index (χ2v) is 8.55. The Balaban J connectivity index is 1.37. The lowest BCUT2D eigenvalue weighted by Gasteiger charge is -2.26. The zero-order chi connectivity index (χ0) is 23.5. The Morgan fingerprint density at radius 2 is 1.74 bits per heavy atom. The van der Waals surface area contributed by atoms with Crippen LogP contribution >= 0.6 is 0 Å². The number of hydrogen-bond donors (Lipinski definition) is 0. The van der Waals surface area contributed by atoms with Crippen LogP contribution in [0, 0.1) is 0 Å². The SMILES string of the molecule is COc1ccc(C2CCCN2C(=O)CCc2nc3ccccc3n2-c2ccccc2)cc1OC. The van der Waals surface area contributed by atoms with Gasteiger partial charge in [0.2, 0.25) is 5.91 Å². The van der Waals surface area contributed by atoms with Crippen LogP contribution in [0.4, 0.5) is 0 Å². The van der Waals surface area contributed by atoms with Crippen molar-refractivity contribution in [3.8, 4) is 17.2 Å². The van der Waals surface area contributed by atoms with Gasteiger partial charge in [0.05, 0.1) is 31.3 Å². The number of amides is 1. The normalized spacial score (nSPS) is 15.6. The van der Waals surface area contributed by atoms with Crippen molar-refractivity contribution in [2.24, 2.45) is 0 Å². The van der Waals surface area contributed by atoms with Gasteiger partial charge in [-0.05, 0) is 54.8 Å². The average Bonchev–Trinajstić information content (AvgIpc) is 3.52. The maximum absolute atomic E-state index is 13.4. The van der Waals surface area contributed by atoms with Gasteiger partial charge in [-0.1, -0.05) is 36.4 Å². The zero-order valence-electron chi connectivity index (χ0n) is 19.6. The van der Waals surface area contributed by atoms with Crippen molar-refractivity contribution in [3.63, 3.8) is 0 Å². The van der Waals surface area contributed by atoms with Gasteiger partial charge in [0.25, 0.3) is 0 Å². The Kier molecular flexibility index (Phi) is 6.21. The summed E-state index contributed by atoms with van der Waals surface area (Å²) in [6.07, 6.45) is 2.94. The van der Waals surface area contributed by atoms with Crippen LogP contribution in [0.5, 0.6) is 11.5 Å². The number of hydrogen-bond acceptors (Lipinski definition) is 4. The minimum atomic E-state index is 0.0558. The topological polar surface area (TPSA) is 56.6 Å². The smallest absolute Gasteiger partial charge is 0.223 e. The number of nitrogens with zero attached hydrogens (tertiary/aromatic N) is 3. The first kappa shape index (κ1) is 22.0. The molecular weight excluding hydrogens is 426 g/mol. The molecule has 0 radical (unpaired) electrons. The second-order valence-electron chi connectivity index (χ2n) is 8.55. The lowest BCUT2D eigenvalue weighted by atomic mass is 10.0. The van der Waals surface area contributed by atoms with Crippen LogP contribution in [0.1, 0.15) is 36.7 Å². The Hall–Kier alpha value is -3.80. The summed E-state index contributed by atoms with van der Waals surface area (Å²) in [4.78, 5) is 20.3. The van der Waals surface area contributed by atoms with E-state index in [-0.39, 0.29) is 11.9 Å². The Bertz CT molecular complexity index is 1300. The standard InChI is InChI=1S/C28H29N3O3/c1-33-25-15-14-20(19-26(25)34-2)23-13-8-18-30(23)28(32)17-16-27-29-22-11-6-7-12-24(22)31(27)21-9-4-3-5-10-21/h3-7,9-12,14-15,19,23H,8,13,16-18H2,1-2H3. The highest BCUT2D eigenvalue weighted by Crippen LogP contribution is 2.37. The highest BCUT2D eigenvalue weighted by atomic mass is 16.5. The molecule has 4 aromatic rings.